The van der Waals surface area contributed by atoms with Crippen LogP contribution in [0.3, 0.4) is 0 Å². The van der Waals surface area contributed by atoms with E-state index in [1.54, 1.807) is 0 Å². The normalized spacial score (nSPS) is 10.3. The van der Waals surface area contributed by atoms with E-state index in [1.165, 1.54) is 16.2 Å². The first-order valence-corrected chi connectivity index (χ1v) is 6.17. The van der Waals surface area contributed by atoms with Crippen LogP contribution >= 0.6 is 11.3 Å². The van der Waals surface area contributed by atoms with E-state index in [9.17, 15) is 4.79 Å². The first-order valence-electron chi connectivity index (χ1n) is 5.35. The average Bonchev–Trinajstić information content (AvgIpc) is 2.57. The van der Waals surface area contributed by atoms with Crippen LogP contribution in [0, 0.1) is 0 Å². The average molecular weight is 226 g/mol. The Balaban J connectivity index is 2.72. The van der Waals surface area contributed by atoms with Gasteiger partial charge in [-0.25, -0.2) is 0 Å². The maximum absolute atomic E-state index is 11.6. The summed E-state index contributed by atoms with van der Waals surface area (Å²) in [5.41, 5.74) is 6.43. The number of hydrogen-bond acceptors (Lipinski definition) is 3. The summed E-state index contributed by atoms with van der Waals surface area (Å²) < 4.78 is 0. The number of anilines is 1. The summed E-state index contributed by atoms with van der Waals surface area (Å²) in [6.07, 6.45) is 3.33. The molecule has 3 nitrogen and oxygen atoms in total. The molecule has 3 N–H and O–H groups in total. The van der Waals surface area contributed by atoms with Gasteiger partial charge in [-0.05, 0) is 25.8 Å². The van der Waals surface area contributed by atoms with Crippen LogP contribution in [0.25, 0.3) is 0 Å². The van der Waals surface area contributed by atoms with Crippen molar-refractivity contribution in [2.45, 2.75) is 33.1 Å². The molecule has 1 amide bonds. The smallest absolute Gasteiger partial charge is 0.254 e. The van der Waals surface area contributed by atoms with Crippen molar-refractivity contribution in [1.29, 1.82) is 0 Å². The first kappa shape index (κ1) is 12.0. The van der Waals surface area contributed by atoms with Gasteiger partial charge in [-0.1, -0.05) is 13.3 Å². The molecule has 0 atom stereocenters. The van der Waals surface area contributed by atoms with Crippen molar-refractivity contribution < 1.29 is 4.79 Å². The fourth-order valence-corrected chi connectivity index (χ4v) is 2.33. The molecule has 1 rings (SSSR count). The number of carbonyl (C=O) groups excluding carboxylic acids is 1. The molecule has 0 spiro atoms. The Hall–Kier alpha value is -1.03. The van der Waals surface area contributed by atoms with Gasteiger partial charge in [0, 0.05) is 11.4 Å². The summed E-state index contributed by atoms with van der Waals surface area (Å²) >= 11 is 1.53. The van der Waals surface area contributed by atoms with Gasteiger partial charge in [0.05, 0.1) is 10.6 Å². The van der Waals surface area contributed by atoms with Gasteiger partial charge in [0.25, 0.3) is 5.91 Å². The molecule has 0 radical (unpaired) electrons. The molecule has 1 aromatic rings. The van der Waals surface area contributed by atoms with Crippen molar-refractivity contribution in [1.82, 2.24) is 5.32 Å². The van der Waals surface area contributed by atoms with Gasteiger partial charge in [0.15, 0.2) is 0 Å². The zero-order chi connectivity index (χ0) is 11.3. The van der Waals surface area contributed by atoms with Gasteiger partial charge >= 0.3 is 0 Å². The molecule has 0 unspecified atom stereocenters. The maximum Gasteiger partial charge on any atom is 0.254 e. The molecule has 1 aromatic heterocycles. The monoisotopic (exact) mass is 226 g/mol. The predicted molar refractivity (Wildman–Crippen MR) is 65.4 cm³/mol. The number of unbranched alkanes of at least 4 members (excludes halogenated alkanes) is 1. The summed E-state index contributed by atoms with van der Waals surface area (Å²) in [5.74, 6) is -0.0611. The maximum atomic E-state index is 11.6. The van der Waals surface area contributed by atoms with Gasteiger partial charge in [0.2, 0.25) is 0 Å². The Morgan fingerprint density at radius 2 is 2.27 bits per heavy atom. The predicted octanol–water partition coefficient (Wildman–Crippen LogP) is 2.42. The van der Waals surface area contributed by atoms with E-state index in [1.807, 2.05) is 13.0 Å². The molecule has 1 heterocycles. The molecule has 0 aliphatic heterocycles. The van der Waals surface area contributed by atoms with E-state index in [-0.39, 0.29) is 5.91 Å². The minimum absolute atomic E-state index is 0.0611. The van der Waals surface area contributed by atoms with Crippen molar-refractivity contribution in [3.63, 3.8) is 0 Å². The third-order valence-electron chi connectivity index (χ3n) is 2.17. The topological polar surface area (TPSA) is 55.1 Å². The van der Waals surface area contributed by atoms with Crippen LogP contribution in [0.15, 0.2) is 6.07 Å². The van der Waals surface area contributed by atoms with Gasteiger partial charge in [-0.3, -0.25) is 4.79 Å². The van der Waals surface area contributed by atoms with E-state index in [4.69, 9.17) is 5.73 Å². The van der Waals surface area contributed by atoms with Crippen LogP contribution in [0.5, 0.6) is 0 Å². The molecule has 0 saturated heterocycles. The summed E-state index contributed by atoms with van der Waals surface area (Å²) in [4.78, 5) is 12.8. The second-order valence-corrected chi connectivity index (χ2v) is 4.62. The second-order valence-electron chi connectivity index (χ2n) is 3.45. The largest absolute Gasteiger partial charge is 0.390 e. The van der Waals surface area contributed by atoms with E-state index < -0.39 is 0 Å². The molecule has 0 aliphatic carbocycles. The van der Waals surface area contributed by atoms with Crippen LogP contribution < -0.4 is 11.1 Å². The highest BCUT2D eigenvalue weighted by Gasteiger charge is 2.12. The highest BCUT2D eigenvalue weighted by atomic mass is 32.1. The summed E-state index contributed by atoms with van der Waals surface area (Å²) in [6, 6.07) is 1.92. The molecule has 84 valence electrons. The Morgan fingerprint density at radius 1 is 1.53 bits per heavy atom. The van der Waals surface area contributed by atoms with Crippen LogP contribution in [0.2, 0.25) is 0 Å². The number of amides is 1. The lowest BCUT2D eigenvalue weighted by atomic mass is 10.2. The zero-order valence-corrected chi connectivity index (χ0v) is 10.1. The lowest BCUT2D eigenvalue weighted by molar-refractivity contribution is 0.0957. The number of hydrogen-bond donors (Lipinski definition) is 2. The minimum Gasteiger partial charge on any atom is -0.390 e. The van der Waals surface area contributed by atoms with E-state index in [2.05, 4.69) is 12.2 Å². The molecule has 0 bridgehead atoms. The van der Waals surface area contributed by atoms with Crippen molar-refractivity contribution in [3.8, 4) is 0 Å². The van der Waals surface area contributed by atoms with Crippen LogP contribution in [-0.2, 0) is 6.42 Å². The highest BCUT2D eigenvalue weighted by Crippen LogP contribution is 2.26. The number of aryl methyl sites for hydroxylation is 1. The summed E-state index contributed by atoms with van der Waals surface area (Å²) in [7, 11) is 0. The van der Waals surface area contributed by atoms with Crippen LogP contribution in [0.1, 0.15) is 41.9 Å². The fourth-order valence-electron chi connectivity index (χ4n) is 1.37. The molecule has 0 aliphatic rings. The Bertz CT molecular complexity index is 333. The summed E-state index contributed by atoms with van der Waals surface area (Å²) in [5, 5.41) is 3.39. The molecule has 0 saturated carbocycles. The van der Waals surface area contributed by atoms with Gasteiger partial charge in [-0.15, -0.1) is 11.3 Å². The Kier molecular flexibility index (Phi) is 4.62. The summed E-state index contributed by atoms with van der Waals surface area (Å²) in [6.45, 7) is 4.69. The molecule has 0 fully saturated rings. The van der Waals surface area contributed by atoms with Gasteiger partial charge in [-0.2, -0.15) is 0 Å². The van der Waals surface area contributed by atoms with E-state index >= 15 is 0 Å². The van der Waals surface area contributed by atoms with Crippen molar-refractivity contribution in [3.05, 3.63) is 16.5 Å². The van der Waals surface area contributed by atoms with Crippen LogP contribution in [0.4, 0.5) is 5.00 Å². The lowest BCUT2D eigenvalue weighted by Gasteiger charge is -1.99. The molecule has 4 heteroatoms. The van der Waals surface area contributed by atoms with E-state index in [0.29, 0.717) is 17.1 Å². The van der Waals surface area contributed by atoms with Gasteiger partial charge in [0.1, 0.15) is 0 Å². The van der Waals surface area contributed by atoms with Crippen molar-refractivity contribution in [2.24, 2.45) is 0 Å². The molecule has 15 heavy (non-hydrogen) atoms. The standard InChI is InChI=1S/C11H18N2OS/c1-3-5-6-8-7-9(10(12)15-8)11(14)13-4-2/h7H,3-6,12H2,1-2H3,(H,13,14). The number of nitrogens with one attached hydrogen (secondary N) is 1. The fraction of sp³-hybridized carbons (Fsp3) is 0.545. The quantitative estimate of drug-likeness (QED) is 0.810. The Morgan fingerprint density at radius 3 is 2.87 bits per heavy atom. The third kappa shape index (κ3) is 3.23. The number of rotatable bonds is 5. The SMILES string of the molecule is CCCCc1cc(C(=O)NCC)c(N)s1. The number of nitrogens with two attached hydrogens (primary N) is 1. The Labute approximate surface area is 94.7 Å². The number of thiophene rings is 1. The molecular weight excluding hydrogens is 208 g/mol. The first-order chi connectivity index (χ1) is 7.19. The van der Waals surface area contributed by atoms with E-state index in [0.717, 1.165) is 19.3 Å². The van der Waals surface area contributed by atoms with Crippen molar-refractivity contribution in [2.75, 3.05) is 12.3 Å². The lowest BCUT2D eigenvalue weighted by Crippen LogP contribution is -2.22. The number of carbonyl (C=O) groups is 1. The van der Waals surface area contributed by atoms with Crippen molar-refractivity contribution >= 4 is 22.2 Å². The molecular formula is C11H18N2OS. The van der Waals surface area contributed by atoms with Gasteiger partial charge < -0.3 is 11.1 Å². The highest BCUT2D eigenvalue weighted by molar-refractivity contribution is 7.16. The zero-order valence-electron chi connectivity index (χ0n) is 9.30. The molecule has 0 aromatic carbocycles. The number of nitrogen functional groups attached to an aromatic ring is 1. The minimum atomic E-state index is -0.0611. The second kappa shape index (κ2) is 5.75. The third-order valence-corrected chi connectivity index (χ3v) is 3.19. The van der Waals surface area contributed by atoms with Crippen LogP contribution in [-0.4, -0.2) is 12.5 Å².